The number of anilines is 1. The third kappa shape index (κ3) is 4.53. The first-order valence-electron chi connectivity index (χ1n) is 12.4. The molecule has 3 aromatic heterocycles. The van der Waals surface area contributed by atoms with E-state index in [2.05, 4.69) is 15.1 Å². The van der Waals surface area contributed by atoms with Crippen LogP contribution in [0.1, 0.15) is 40.4 Å². The molecule has 40 heavy (non-hydrogen) atoms. The van der Waals surface area contributed by atoms with Crippen molar-refractivity contribution in [3.05, 3.63) is 93.7 Å². The monoisotopic (exact) mass is 563 g/mol. The van der Waals surface area contributed by atoms with Crippen LogP contribution in [-0.2, 0) is 23.4 Å². The number of halogens is 2. The maximum atomic E-state index is 15.6. The standard InChI is InChI=1S/C28H23F2N5O4S/c1-34-26-19(13-32-34)27(36)33-22-10-15(9-20(30)25(22)26)14-35(23-8-6-18(29)11-24(23)40(2,38)39)28(37)17-5-7-21(31-12-17)16-3-4-16/h5-13,16H,3-4,14H2,1-2H3,(H,33,36). The van der Waals surface area contributed by atoms with Crippen LogP contribution in [-0.4, -0.2) is 40.3 Å². The zero-order chi connectivity index (χ0) is 28.3. The van der Waals surface area contributed by atoms with Crippen molar-refractivity contribution in [2.45, 2.75) is 30.2 Å². The van der Waals surface area contributed by atoms with E-state index in [1.54, 1.807) is 19.2 Å². The SMILES string of the molecule is Cn1ncc2c(=O)[nH]c3cc(CN(C(=O)c4ccc(C5CC5)nc4)c4ccc(F)cc4S(C)(=O)=O)cc(F)c3c21. The highest BCUT2D eigenvalue weighted by Crippen LogP contribution is 2.39. The number of rotatable bonds is 6. The summed E-state index contributed by atoms with van der Waals surface area (Å²) in [5.41, 5.74) is 1.28. The summed E-state index contributed by atoms with van der Waals surface area (Å²) in [6, 6.07) is 9.19. The second kappa shape index (κ2) is 9.33. The zero-order valence-corrected chi connectivity index (χ0v) is 22.3. The molecule has 0 aliphatic heterocycles. The Morgan fingerprint density at radius 1 is 1.12 bits per heavy atom. The third-order valence-electron chi connectivity index (χ3n) is 7.05. The van der Waals surface area contributed by atoms with E-state index in [0.717, 1.165) is 41.8 Å². The topological polar surface area (TPSA) is 118 Å². The van der Waals surface area contributed by atoms with Crippen molar-refractivity contribution < 1.29 is 22.0 Å². The van der Waals surface area contributed by atoms with Gasteiger partial charge < -0.3 is 9.88 Å². The van der Waals surface area contributed by atoms with Gasteiger partial charge in [-0.1, -0.05) is 0 Å². The van der Waals surface area contributed by atoms with Crippen LogP contribution in [0.4, 0.5) is 14.5 Å². The minimum atomic E-state index is -3.97. The molecule has 1 saturated carbocycles. The Hall–Kier alpha value is -4.45. The van der Waals surface area contributed by atoms with Crippen molar-refractivity contribution in [2.24, 2.45) is 7.05 Å². The first kappa shape index (κ1) is 25.8. The van der Waals surface area contributed by atoms with E-state index in [4.69, 9.17) is 0 Å². The molecule has 1 N–H and O–H groups in total. The van der Waals surface area contributed by atoms with Gasteiger partial charge in [-0.05, 0) is 60.9 Å². The number of hydrogen-bond donors (Lipinski definition) is 1. The van der Waals surface area contributed by atoms with Gasteiger partial charge in [-0.25, -0.2) is 17.2 Å². The van der Waals surface area contributed by atoms with E-state index in [9.17, 15) is 22.4 Å². The lowest BCUT2D eigenvalue weighted by Crippen LogP contribution is -2.32. The molecule has 3 heterocycles. The Bertz CT molecular complexity index is 2000. The summed E-state index contributed by atoms with van der Waals surface area (Å²) in [6.07, 6.45) is 5.75. The summed E-state index contributed by atoms with van der Waals surface area (Å²) in [4.78, 5) is 34.3. The van der Waals surface area contributed by atoms with Gasteiger partial charge in [0.1, 0.15) is 11.6 Å². The number of aromatic amines is 1. The van der Waals surface area contributed by atoms with E-state index in [1.807, 2.05) is 0 Å². The number of H-pyrrole nitrogens is 1. The molecule has 0 radical (unpaired) electrons. The molecule has 0 atom stereocenters. The largest absolute Gasteiger partial charge is 0.321 e. The first-order valence-corrected chi connectivity index (χ1v) is 14.3. The normalized spacial score (nSPS) is 13.7. The van der Waals surface area contributed by atoms with Gasteiger partial charge in [-0.15, -0.1) is 0 Å². The Kier molecular flexibility index (Phi) is 6.02. The van der Waals surface area contributed by atoms with Crippen LogP contribution in [0.5, 0.6) is 0 Å². The molecule has 6 rings (SSSR count). The number of pyridine rings is 2. The van der Waals surface area contributed by atoms with Crippen molar-refractivity contribution in [1.82, 2.24) is 19.7 Å². The highest BCUT2D eigenvalue weighted by atomic mass is 32.2. The molecular weight excluding hydrogens is 540 g/mol. The van der Waals surface area contributed by atoms with Gasteiger partial charge in [0, 0.05) is 31.1 Å². The molecule has 1 aliphatic rings. The van der Waals surface area contributed by atoms with Crippen LogP contribution in [0.3, 0.4) is 0 Å². The molecule has 2 aromatic carbocycles. The molecule has 0 spiro atoms. The average Bonchev–Trinajstić information content (AvgIpc) is 3.68. The number of amides is 1. The van der Waals surface area contributed by atoms with Crippen LogP contribution in [0.2, 0.25) is 0 Å². The molecule has 0 unspecified atom stereocenters. The fourth-order valence-corrected chi connectivity index (χ4v) is 5.83. The van der Waals surface area contributed by atoms with Crippen molar-refractivity contribution in [2.75, 3.05) is 11.2 Å². The van der Waals surface area contributed by atoms with Crippen molar-refractivity contribution in [1.29, 1.82) is 0 Å². The Balaban J connectivity index is 1.50. The van der Waals surface area contributed by atoms with Crippen LogP contribution >= 0.6 is 0 Å². The fraction of sp³-hybridized carbons (Fsp3) is 0.214. The van der Waals surface area contributed by atoms with Crippen molar-refractivity contribution in [3.8, 4) is 0 Å². The number of carbonyl (C=O) groups excluding carboxylic acids is 1. The number of sulfone groups is 1. The number of aryl methyl sites for hydroxylation is 1. The van der Waals surface area contributed by atoms with Crippen molar-refractivity contribution >= 4 is 43.2 Å². The molecule has 1 aliphatic carbocycles. The molecular formula is C28H23F2N5O4S. The first-order chi connectivity index (χ1) is 19.0. The lowest BCUT2D eigenvalue weighted by atomic mass is 10.1. The van der Waals surface area contributed by atoms with Crippen LogP contribution < -0.4 is 10.5 Å². The Morgan fingerprint density at radius 2 is 1.90 bits per heavy atom. The smallest absolute Gasteiger partial charge is 0.260 e. The number of benzene rings is 2. The summed E-state index contributed by atoms with van der Waals surface area (Å²) >= 11 is 0. The molecule has 9 nitrogen and oxygen atoms in total. The van der Waals surface area contributed by atoms with E-state index >= 15 is 4.39 Å². The van der Waals surface area contributed by atoms with Crippen LogP contribution in [0.15, 0.2) is 64.5 Å². The lowest BCUT2D eigenvalue weighted by Gasteiger charge is -2.25. The highest BCUT2D eigenvalue weighted by Gasteiger charge is 2.28. The maximum Gasteiger partial charge on any atom is 0.260 e. The van der Waals surface area contributed by atoms with Gasteiger partial charge >= 0.3 is 0 Å². The molecule has 12 heteroatoms. The molecule has 5 aromatic rings. The summed E-state index contributed by atoms with van der Waals surface area (Å²) in [5.74, 6) is -1.70. The molecule has 204 valence electrons. The average molecular weight is 564 g/mol. The van der Waals surface area contributed by atoms with E-state index in [-0.39, 0.29) is 39.6 Å². The van der Waals surface area contributed by atoms with Gasteiger partial charge in [0.05, 0.1) is 50.7 Å². The second-order valence-electron chi connectivity index (χ2n) is 10.0. The number of fused-ring (bicyclic) bond motifs is 3. The second-order valence-corrected chi connectivity index (χ2v) is 12.0. The molecule has 1 amide bonds. The zero-order valence-electron chi connectivity index (χ0n) is 21.5. The Morgan fingerprint density at radius 3 is 2.58 bits per heavy atom. The predicted molar refractivity (Wildman–Crippen MR) is 145 cm³/mol. The van der Waals surface area contributed by atoms with E-state index < -0.39 is 37.8 Å². The number of carbonyl (C=O) groups is 1. The summed E-state index contributed by atoms with van der Waals surface area (Å²) in [5, 5.41) is 4.43. The third-order valence-corrected chi connectivity index (χ3v) is 8.17. The van der Waals surface area contributed by atoms with Crippen LogP contribution in [0.25, 0.3) is 21.8 Å². The molecule has 0 saturated heterocycles. The maximum absolute atomic E-state index is 15.6. The lowest BCUT2D eigenvalue weighted by molar-refractivity contribution is 0.0984. The highest BCUT2D eigenvalue weighted by molar-refractivity contribution is 7.90. The molecule has 1 fully saturated rings. The summed E-state index contributed by atoms with van der Waals surface area (Å²) < 4.78 is 56.4. The summed E-state index contributed by atoms with van der Waals surface area (Å²) in [6.45, 7) is -0.282. The van der Waals surface area contributed by atoms with E-state index in [1.165, 1.54) is 35.3 Å². The predicted octanol–water partition coefficient (Wildman–Crippen LogP) is 4.22. The van der Waals surface area contributed by atoms with E-state index in [0.29, 0.717) is 11.4 Å². The van der Waals surface area contributed by atoms with Gasteiger partial charge in [0.2, 0.25) is 0 Å². The molecule has 0 bridgehead atoms. The summed E-state index contributed by atoms with van der Waals surface area (Å²) in [7, 11) is -2.37. The van der Waals surface area contributed by atoms with Gasteiger partial charge in [0.25, 0.3) is 11.5 Å². The van der Waals surface area contributed by atoms with Gasteiger partial charge in [-0.2, -0.15) is 5.10 Å². The number of aromatic nitrogens is 4. The number of nitrogens with zero attached hydrogens (tertiary/aromatic N) is 4. The van der Waals surface area contributed by atoms with Crippen molar-refractivity contribution in [3.63, 3.8) is 0 Å². The number of hydrogen-bond acceptors (Lipinski definition) is 6. The number of nitrogens with one attached hydrogen (secondary N) is 1. The van der Waals surface area contributed by atoms with Crippen LogP contribution in [0, 0.1) is 11.6 Å². The minimum absolute atomic E-state index is 0.0729. The minimum Gasteiger partial charge on any atom is -0.321 e. The fourth-order valence-electron chi connectivity index (χ4n) is 4.95. The van der Waals surface area contributed by atoms with Gasteiger partial charge in [0.15, 0.2) is 9.84 Å². The Labute approximate surface area is 227 Å². The van der Waals surface area contributed by atoms with Gasteiger partial charge in [-0.3, -0.25) is 19.3 Å². The quantitative estimate of drug-likeness (QED) is 0.331.